The van der Waals surface area contributed by atoms with Crippen LogP contribution in [0.4, 0.5) is 0 Å². The number of hydrogen-bond donors (Lipinski definition) is 3. The third-order valence-corrected chi connectivity index (χ3v) is 8.82. The molecule has 1 fully saturated rings. The van der Waals surface area contributed by atoms with Gasteiger partial charge in [-0.25, -0.2) is 13.1 Å². The van der Waals surface area contributed by atoms with Crippen molar-refractivity contribution in [3.8, 4) is 16.9 Å². The summed E-state index contributed by atoms with van der Waals surface area (Å²) in [5.74, 6) is -0.231. The van der Waals surface area contributed by atoms with Gasteiger partial charge in [-0.1, -0.05) is 79.9 Å². The molecule has 0 aliphatic heterocycles. The van der Waals surface area contributed by atoms with Crippen molar-refractivity contribution in [1.29, 1.82) is 0 Å². The molecule has 0 bridgehead atoms. The number of nitrogens with one attached hydrogen (secondary N) is 2. The van der Waals surface area contributed by atoms with Crippen LogP contribution in [0, 0.1) is 5.92 Å². The van der Waals surface area contributed by atoms with Gasteiger partial charge < -0.3 is 15.2 Å². The summed E-state index contributed by atoms with van der Waals surface area (Å²) < 4.78 is 33.7. The first-order chi connectivity index (χ1) is 19.7. The van der Waals surface area contributed by atoms with Gasteiger partial charge >= 0.3 is 0 Å². The van der Waals surface area contributed by atoms with Crippen molar-refractivity contribution < 1.29 is 23.1 Å². The monoisotopic (exact) mass is 578 g/mol. The van der Waals surface area contributed by atoms with Crippen molar-refractivity contribution in [2.45, 2.75) is 64.6 Å². The Hall–Kier alpha value is -3.20. The molecule has 7 nitrogen and oxygen atoms in total. The molecule has 4 rings (SSSR count). The van der Waals surface area contributed by atoms with Crippen LogP contribution in [-0.4, -0.2) is 44.4 Å². The van der Waals surface area contributed by atoms with Gasteiger partial charge in [0.05, 0.1) is 23.5 Å². The second-order valence-electron chi connectivity index (χ2n) is 11.2. The Balaban J connectivity index is 1.37. The maximum Gasteiger partial charge on any atom is 0.268 e. The molecule has 1 aliphatic rings. The Labute approximate surface area is 244 Å². The summed E-state index contributed by atoms with van der Waals surface area (Å²) >= 11 is 0. The fourth-order valence-electron chi connectivity index (χ4n) is 5.27. The molecule has 0 unspecified atom stereocenters. The van der Waals surface area contributed by atoms with Crippen LogP contribution in [0.25, 0.3) is 11.1 Å². The number of sulfonamides is 1. The molecule has 1 saturated carbocycles. The van der Waals surface area contributed by atoms with E-state index in [2.05, 4.69) is 22.2 Å². The van der Waals surface area contributed by atoms with E-state index in [4.69, 9.17) is 4.74 Å². The molecule has 3 aromatic rings. The summed E-state index contributed by atoms with van der Waals surface area (Å²) in [6, 6.07) is 23.0. The van der Waals surface area contributed by atoms with E-state index in [-0.39, 0.29) is 23.3 Å². The number of carbonyl (C=O) groups excluding carboxylic acids is 1. The molecule has 0 heterocycles. The fraction of sp³-hybridized carbons (Fsp3) is 0.424. The third kappa shape index (κ3) is 9.42. The molecule has 1 atom stereocenters. The molecule has 0 saturated heterocycles. The van der Waals surface area contributed by atoms with E-state index in [1.165, 1.54) is 0 Å². The largest absolute Gasteiger partial charge is 0.490 e. The van der Waals surface area contributed by atoms with Crippen LogP contribution in [0.15, 0.2) is 72.8 Å². The molecule has 3 N–H and O–H groups in total. The second-order valence-corrected chi connectivity index (χ2v) is 12.9. The van der Waals surface area contributed by atoms with Gasteiger partial charge in [0.1, 0.15) is 5.75 Å². The van der Waals surface area contributed by atoms with Gasteiger partial charge in [-0.3, -0.25) is 4.79 Å². The zero-order valence-corrected chi connectivity index (χ0v) is 24.8. The van der Waals surface area contributed by atoms with E-state index < -0.39 is 22.0 Å². The molecular formula is C33H42N2O5S. The fourth-order valence-corrected chi connectivity index (χ4v) is 6.70. The van der Waals surface area contributed by atoms with Gasteiger partial charge in [0.25, 0.3) is 5.91 Å². The minimum absolute atomic E-state index is 0.0212. The minimum atomic E-state index is -3.74. The summed E-state index contributed by atoms with van der Waals surface area (Å²) in [5.41, 5.74) is 4.10. The van der Waals surface area contributed by atoms with E-state index in [9.17, 15) is 18.3 Å². The Kier molecular flexibility index (Phi) is 11.0. The average Bonchev–Trinajstić information content (AvgIpc) is 2.95. The van der Waals surface area contributed by atoms with Gasteiger partial charge in [0.15, 0.2) is 0 Å². The highest BCUT2D eigenvalue weighted by molar-refractivity contribution is 7.90. The Morgan fingerprint density at radius 1 is 0.951 bits per heavy atom. The highest BCUT2D eigenvalue weighted by Crippen LogP contribution is 2.29. The van der Waals surface area contributed by atoms with Crippen molar-refractivity contribution in [1.82, 2.24) is 10.0 Å². The number of ether oxygens (including phenoxy) is 1. The SMILES string of the molecule is CC(C)Oc1cc(-c2ccc(CCNC[C@@H](O)c3ccccc3)cc2)ccc1C(=O)NS(=O)(=O)CC1CCCCC1. The molecule has 0 radical (unpaired) electrons. The summed E-state index contributed by atoms with van der Waals surface area (Å²) in [5, 5.41) is 13.6. The van der Waals surface area contributed by atoms with Crippen LogP contribution in [0.2, 0.25) is 0 Å². The Morgan fingerprint density at radius 3 is 2.32 bits per heavy atom. The Morgan fingerprint density at radius 2 is 1.63 bits per heavy atom. The van der Waals surface area contributed by atoms with Crippen LogP contribution < -0.4 is 14.8 Å². The zero-order valence-electron chi connectivity index (χ0n) is 24.0. The summed E-state index contributed by atoms with van der Waals surface area (Å²) in [6.45, 7) is 4.97. The quantitative estimate of drug-likeness (QED) is 0.227. The molecule has 3 aromatic carbocycles. The number of aliphatic hydroxyl groups excluding tert-OH is 1. The van der Waals surface area contributed by atoms with Gasteiger partial charge in [0.2, 0.25) is 10.0 Å². The second kappa shape index (κ2) is 14.6. The van der Waals surface area contributed by atoms with Crippen molar-refractivity contribution in [3.63, 3.8) is 0 Å². The van der Waals surface area contributed by atoms with Crippen LogP contribution in [0.3, 0.4) is 0 Å². The maximum atomic E-state index is 13.1. The summed E-state index contributed by atoms with van der Waals surface area (Å²) in [4.78, 5) is 13.1. The molecule has 41 heavy (non-hydrogen) atoms. The van der Waals surface area contributed by atoms with Crippen LogP contribution >= 0.6 is 0 Å². The van der Waals surface area contributed by atoms with E-state index in [1.54, 1.807) is 12.1 Å². The lowest BCUT2D eigenvalue weighted by Gasteiger charge is -2.21. The van der Waals surface area contributed by atoms with Crippen LogP contribution in [0.1, 0.15) is 73.5 Å². The molecule has 1 amide bonds. The molecule has 1 aliphatic carbocycles. The van der Waals surface area contributed by atoms with Crippen molar-refractivity contribution in [2.24, 2.45) is 5.92 Å². The minimum Gasteiger partial charge on any atom is -0.490 e. The third-order valence-electron chi connectivity index (χ3n) is 7.42. The van der Waals surface area contributed by atoms with Crippen molar-refractivity contribution in [2.75, 3.05) is 18.8 Å². The highest BCUT2D eigenvalue weighted by Gasteiger charge is 2.25. The van der Waals surface area contributed by atoms with Crippen molar-refractivity contribution in [3.05, 3.63) is 89.5 Å². The first-order valence-corrected chi connectivity index (χ1v) is 16.2. The normalized spacial score (nSPS) is 15.0. The molecule has 220 valence electrons. The average molecular weight is 579 g/mol. The Bertz CT molecular complexity index is 1370. The lowest BCUT2D eigenvalue weighted by molar-refractivity contribution is 0.0975. The summed E-state index contributed by atoms with van der Waals surface area (Å²) in [7, 11) is -3.74. The number of benzene rings is 3. The first-order valence-electron chi connectivity index (χ1n) is 14.6. The zero-order chi connectivity index (χ0) is 29.2. The molecule has 0 spiro atoms. The number of carbonyl (C=O) groups is 1. The van der Waals surface area contributed by atoms with Gasteiger partial charge in [-0.05, 0) is 80.0 Å². The van der Waals surface area contributed by atoms with E-state index in [0.29, 0.717) is 12.3 Å². The topological polar surface area (TPSA) is 105 Å². The number of hydrogen-bond acceptors (Lipinski definition) is 6. The predicted octanol–water partition coefficient (Wildman–Crippen LogP) is 5.65. The predicted molar refractivity (Wildman–Crippen MR) is 163 cm³/mol. The van der Waals surface area contributed by atoms with Crippen molar-refractivity contribution >= 4 is 15.9 Å². The van der Waals surface area contributed by atoms with Crippen LogP contribution in [-0.2, 0) is 16.4 Å². The lowest BCUT2D eigenvalue weighted by Crippen LogP contribution is -2.35. The highest BCUT2D eigenvalue weighted by atomic mass is 32.2. The molecular weight excluding hydrogens is 536 g/mol. The smallest absolute Gasteiger partial charge is 0.268 e. The van der Waals surface area contributed by atoms with Gasteiger partial charge in [0, 0.05) is 6.54 Å². The van der Waals surface area contributed by atoms with E-state index in [1.807, 2.05) is 62.4 Å². The number of aliphatic hydroxyl groups is 1. The molecule has 8 heteroatoms. The standard InChI is InChI=1S/C33H42N2O5S/c1-24(2)40-32-21-29(17-18-30(32)33(37)35-41(38,39)23-26-9-5-3-6-10-26)27-15-13-25(14-16-27)19-20-34-22-31(36)28-11-7-4-8-12-28/h4,7-8,11-18,21,24,26,31,34,36H,3,5-6,9-10,19-20,22-23H2,1-2H3,(H,35,37)/t31-/m1/s1. The lowest BCUT2D eigenvalue weighted by atomic mass is 9.91. The molecule has 0 aromatic heterocycles. The first kappa shape index (κ1) is 30.8. The van der Waals surface area contributed by atoms with E-state index in [0.717, 1.165) is 67.3 Å². The maximum absolute atomic E-state index is 13.1. The number of rotatable bonds is 13. The number of amides is 1. The van der Waals surface area contributed by atoms with Gasteiger partial charge in [-0.2, -0.15) is 0 Å². The van der Waals surface area contributed by atoms with Crippen LogP contribution in [0.5, 0.6) is 5.75 Å². The van der Waals surface area contributed by atoms with E-state index >= 15 is 0 Å². The van der Waals surface area contributed by atoms with Gasteiger partial charge in [-0.15, -0.1) is 0 Å². The summed E-state index contributed by atoms with van der Waals surface area (Å²) in [6.07, 6.45) is 5.09.